The monoisotopic (exact) mass is 267 g/mol. The Hall–Kier alpha value is -1.46. The first-order valence-electron chi connectivity index (χ1n) is 6.45. The van der Waals surface area contributed by atoms with Gasteiger partial charge in [0.1, 0.15) is 5.82 Å². The number of carbonyl (C=O) groups is 1. The molecule has 4 nitrogen and oxygen atoms in total. The minimum atomic E-state index is -0.777. The van der Waals surface area contributed by atoms with Gasteiger partial charge in [0.25, 0.3) is 0 Å². The molecule has 0 radical (unpaired) electrons. The van der Waals surface area contributed by atoms with Crippen LogP contribution in [0.4, 0.5) is 4.39 Å². The SMILES string of the molecule is O=C(O)C1CCCN(CC(O)c2ccc(F)cc2)C1. The van der Waals surface area contributed by atoms with E-state index >= 15 is 0 Å². The fourth-order valence-electron chi connectivity index (χ4n) is 2.46. The summed E-state index contributed by atoms with van der Waals surface area (Å²) in [4.78, 5) is 12.9. The maximum atomic E-state index is 12.8. The van der Waals surface area contributed by atoms with Crippen LogP contribution in [-0.4, -0.2) is 40.7 Å². The highest BCUT2D eigenvalue weighted by molar-refractivity contribution is 5.70. The molecule has 2 atom stereocenters. The van der Waals surface area contributed by atoms with Crippen LogP contribution in [0, 0.1) is 11.7 Å². The Kier molecular flexibility index (Phi) is 4.50. The molecule has 1 fully saturated rings. The summed E-state index contributed by atoms with van der Waals surface area (Å²) < 4.78 is 12.8. The highest BCUT2D eigenvalue weighted by Gasteiger charge is 2.26. The standard InChI is InChI=1S/C14H18FNO3/c15-12-5-3-10(4-6-12)13(17)9-16-7-1-2-11(8-16)14(18)19/h3-6,11,13,17H,1-2,7-9H2,(H,18,19). The van der Waals surface area contributed by atoms with Crippen LogP contribution in [0.25, 0.3) is 0 Å². The summed E-state index contributed by atoms with van der Waals surface area (Å²) in [5.41, 5.74) is 0.652. The maximum Gasteiger partial charge on any atom is 0.307 e. The van der Waals surface area contributed by atoms with Gasteiger partial charge in [0, 0.05) is 13.1 Å². The zero-order valence-corrected chi connectivity index (χ0v) is 10.6. The van der Waals surface area contributed by atoms with Crippen molar-refractivity contribution in [3.05, 3.63) is 35.6 Å². The summed E-state index contributed by atoms with van der Waals surface area (Å²) >= 11 is 0. The van der Waals surface area contributed by atoms with Crippen LogP contribution >= 0.6 is 0 Å². The second kappa shape index (κ2) is 6.12. The third kappa shape index (κ3) is 3.75. The molecule has 0 aromatic heterocycles. The van der Waals surface area contributed by atoms with Crippen LogP contribution in [0.3, 0.4) is 0 Å². The fourth-order valence-corrected chi connectivity index (χ4v) is 2.46. The van der Waals surface area contributed by atoms with Crippen molar-refractivity contribution in [3.8, 4) is 0 Å². The summed E-state index contributed by atoms with van der Waals surface area (Å²) in [6.45, 7) is 1.64. The molecular weight excluding hydrogens is 249 g/mol. The molecule has 0 saturated carbocycles. The predicted molar refractivity (Wildman–Crippen MR) is 68.2 cm³/mol. The molecule has 0 aliphatic carbocycles. The lowest BCUT2D eigenvalue weighted by Crippen LogP contribution is -2.40. The molecule has 1 aliphatic heterocycles. The van der Waals surface area contributed by atoms with E-state index in [-0.39, 0.29) is 11.7 Å². The van der Waals surface area contributed by atoms with Gasteiger partial charge in [-0.15, -0.1) is 0 Å². The van der Waals surface area contributed by atoms with Crippen LogP contribution in [0.2, 0.25) is 0 Å². The number of hydrogen-bond acceptors (Lipinski definition) is 3. The van der Waals surface area contributed by atoms with E-state index in [0.717, 1.165) is 13.0 Å². The van der Waals surface area contributed by atoms with E-state index in [0.29, 0.717) is 25.1 Å². The smallest absolute Gasteiger partial charge is 0.307 e. The van der Waals surface area contributed by atoms with Gasteiger partial charge in [-0.05, 0) is 37.1 Å². The first-order chi connectivity index (χ1) is 9.06. The van der Waals surface area contributed by atoms with Gasteiger partial charge in [-0.1, -0.05) is 12.1 Å². The summed E-state index contributed by atoms with van der Waals surface area (Å²) in [6.07, 6.45) is 0.805. The lowest BCUT2D eigenvalue weighted by Gasteiger charge is -2.32. The van der Waals surface area contributed by atoms with E-state index in [9.17, 15) is 14.3 Å². The average Bonchev–Trinajstić information content (AvgIpc) is 2.39. The fraction of sp³-hybridized carbons (Fsp3) is 0.500. The minimum absolute atomic E-state index is 0.333. The Bertz CT molecular complexity index is 435. The molecule has 104 valence electrons. The number of carboxylic acid groups (broad SMARTS) is 1. The van der Waals surface area contributed by atoms with Crippen LogP contribution in [0.1, 0.15) is 24.5 Å². The van der Waals surface area contributed by atoms with Crippen molar-refractivity contribution in [1.29, 1.82) is 0 Å². The van der Waals surface area contributed by atoms with Gasteiger partial charge in [0.15, 0.2) is 0 Å². The number of β-amino-alcohol motifs (C(OH)–C–C–N with tert-alkyl or cyclic N) is 1. The van der Waals surface area contributed by atoms with Crippen LogP contribution in [0.5, 0.6) is 0 Å². The molecule has 19 heavy (non-hydrogen) atoms. The molecule has 2 N–H and O–H groups in total. The number of rotatable bonds is 4. The number of halogens is 1. The molecule has 0 bridgehead atoms. The van der Waals surface area contributed by atoms with Crippen molar-refractivity contribution < 1.29 is 19.4 Å². The number of hydrogen-bond donors (Lipinski definition) is 2. The molecule has 1 aromatic carbocycles. The number of benzene rings is 1. The molecule has 1 saturated heterocycles. The van der Waals surface area contributed by atoms with Crippen molar-refractivity contribution in [2.45, 2.75) is 18.9 Å². The van der Waals surface area contributed by atoms with Gasteiger partial charge >= 0.3 is 5.97 Å². The molecular formula is C14H18FNO3. The third-order valence-electron chi connectivity index (χ3n) is 3.54. The van der Waals surface area contributed by atoms with Crippen molar-refractivity contribution in [3.63, 3.8) is 0 Å². The molecule has 2 unspecified atom stereocenters. The van der Waals surface area contributed by atoms with E-state index in [1.54, 1.807) is 12.1 Å². The second-order valence-corrected chi connectivity index (χ2v) is 5.00. The van der Waals surface area contributed by atoms with E-state index < -0.39 is 12.1 Å². The summed E-state index contributed by atoms with van der Waals surface area (Å²) in [5.74, 6) is -1.46. The highest BCUT2D eigenvalue weighted by atomic mass is 19.1. The zero-order valence-electron chi connectivity index (χ0n) is 10.6. The van der Waals surface area contributed by atoms with Crippen molar-refractivity contribution in [1.82, 2.24) is 4.90 Å². The molecule has 1 aromatic rings. The van der Waals surface area contributed by atoms with E-state index in [2.05, 4.69) is 0 Å². The average molecular weight is 267 g/mol. The molecule has 2 rings (SSSR count). The summed E-state index contributed by atoms with van der Waals surface area (Å²) in [6, 6.07) is 5.74. The first-order valence-corrected chi connectivity index (χ1v) is 6.45. The maximum absolute atomic E-state index is 12.8. The molecule has 5 heteroatoms. The number of nitrogens with zero attached hydrogens (tertiary/aromatic N) is 1. The Morgan fingerprint density at radius 3 is 2.74 bits per heavy atom. The normalized spacial score (nSPS) is 22.1. The predicted octanol–water partition coefficient (Wildman–Crippen LogP) is 1.66. The van der Waals surface area contributed by atoms with Crippen molar-refractivity contribution >= 4 is 5.97 Å². The van der Waals surface area contributed by atoms with Gasteiger partial charge < -0.3 is 10.2 Å². The Morgan fingerprint density at radius 2 is 2.11 bits per heavy atom. The van der Waals surface area contributed by atoms with Crippen LogP contribution in [0.15, 0.2) is 24.3 Å². The number of likely N-dealkylation sites (tertiary alicyclic amines) is 1. The molecule has 0 spiro atoms. The summed E-state index contributed by atoms with van der Waals surface area (Å²) in [5, 5.41) is 19.1. The van der Waals surface area contributed by atoms with Gasteiger partial charge in [0.2, 0.25) is 0 Å². The topological polar surface area (TPSA) is 60.8 Å². The van der Waals surface area contributed by atoms with Gasteiger partial charge in [0.05, 0.1) is 12.0 Å². The quantitative estimate of drug-likeness (QED) is 0.871. The van der Waals surface area contributed by atoms with Crippen LogP contribution < -0.4 is 0 Å². The second-order valence-electron chi connectivity index (χ2n) is 5.00. The number of carboxylic acids is 1. The number of aliphatic hydroxyl groups is 1. The largest absolute Gasteiger partial charge is 0.481 e. The molecule has 0 amide bonds. The van der Waals surface area contributed by atoms with E-state index in [1.807, 2.05) is 4.90 Å². The van der Waals surface area contributed by atoms with E-state index in [4.69, 9.17) is 5.11 Å². The number of aliphatic hydroxyl groups excluding tert-OH is 1. The first kappa shape index (κ1) is 14.0. The molecule has 1 aliphatic rings. The Morgan fingerprint density at radius 1 is 1.42 bits per heavy atom. The number of piperidine rings is 1. The Balaban J connectivity index is 1.93. The van der Waals surface area contributed by atoms with Gasteiger partial charge in [-0.2, -0.15) is 0 Å². The zero-order chi connectivity index (χ0) is 13.8. The van der Waals surface area contributed by atoms with Gasteiger partial charge in [-0.25, -0.2) is 4.39 Å². The lowest BCUT2D eigenvalue weighted by molar-refractivity contribution is -0.143. The highest BCUT2D eigenvalue weighted by Crippen LogP contribution is 2.20. The molecule has 1 heterocycles. The minimum Gasteiger partial charge on any atom is -0.481 e. The Labute approximate surface area is 111 Å². The lowest BCUT2D eigenvalue weighted by atomic mass is 9.97. The van der Waals surface area contributed by atoms with Crippen LogP contribution in [-0.2, 0) is 4.79 Å². The number of aliphatic carboxylic acids is 1. The van der Waals surface area contributed by atoms with Crippen molar-refractivity contribution in [2.75, 3.05) is 19.6 Å². The summed E-state index contributed by atoms with van der Waals surface area (Å²) in [7, 11) is 0. The van der Waals surface area contributed by atoms with Gasteiger partial charge in [-0.3, -0.25) is 9.69 Å². The van der Waals surface area contributed by atoms with E-state index in [1.165, 1.54) is 12.1 Å². The third-order valence-corrected chi connectivity index (χ3v) is 3.54. The van der Waals surface area contributed by atoms with Crippen molar-refractivity contribution in [2.24, 2.45) is 5.92 Å².